The molecule has 0 unspecified atom stereocenters. The van der Waals surface area contributed by atoms with Crippen molar-refractivity contribution >= 4 is 0 Å². The predicted octanol–water partition coefficient (Wildman–Crippen LogP) is 10.8. The van der Waals surface area contributed by atoms with Crippen LogP contribution in [0.15, 0.2) is 42.6 Å². The number of hydrogen-bond acceptors (Lipinski definition) is 1. The molecule has 0 spiro atoms. The van der Waals surface area contributed by atoms with E-state index in [1.807, 2.05) is 0 Å². The maximum atomic E-state index is 4.76. The number of benzene rings is 1. The Hall–Kier alpha value is -1.63. The first-order valence-electron chi connectivity index (χ1n) is 15.3. The zero-order valence-corrected chi connectivity index (χ0v) is 23.1. The third kappa shape index (κ3) is 10.9. The van der Waals surface area contributed by atoms with Crippen LogP contribution in [-0.4, -0.2) is 4.98 Å². The molecule has 0 aliphatic heterocycles. The molecule has 1 aromatic carbocycles. The summed E-state index contributed by atoms with van der Waals surface area (Å²) in [6, 6.07) is 13.7. The van der Waals surface area contributed by atoms with Crippen LogP contribution in [0.4, 0.5) is 0 Å². The summed E-state index contributed by atoms with van der Waals surface area (Å²) in [5.74, 6) is 2.05. The lowest BCUT2D eigenvalue weighted by Gasteiger charge is -2.28. The Morgan fingerprint density at radius 2 is 1.09 bits per heavy atom. The number of nitrogens with zero attached hydrogens (tertiary/aromatic N) is 1. The van der Waals surface area contributed by atoms with Crippen LogP contribution < -0.4 is 0 Å². The lowest BCUT2D eigenvalue weighted by atomic mass is 9.78. The molecule has 1 aromatic heterocycles. The van der Waals surface area contributed by atoms with E-state index in [4.69, 9.17) is 4.98 Å². The zero-order chi connectivity index (χ0) is 24.6. The lowest BCUT2D eigenvalue weighted by molar-refractivity contribution is 0.245. The standard InChI is InChI=1S/C34H53N/c1-3-5-7-8-9-11-17-32-24-27-34(35-28-32)33-25-22-31(23-26-33)16-13-12-15-30-20-18-29(19-21-30)14-10-6-4-2/h22-30H,3-21H2,1-2H3. The molecular weight excluding hydrogens is 422 g/mol. The maximum absolute atomic E-state index is 4.76. The van der Waals surface area contributed by atoms with E-state index < -0.39 is 0 Å². The second-order valence-corrected chi connectivity index (χ2v) is 11.4. The van der Waals surface area contributed by atoms with Gasteiger partial charge in [0.15, 0.2) is 0 Å². The molecule has 3 rings (SSSR count). The van der Waals surface area contributed by atoms with E-state index in [0.29, 0.717) is 0 Å². The van der Waals surface area contributed by atoms with Crippen LogP contribution in [0, 0.1) is 11.8 Å². The fraction of sp³-hybridized carbons (Fsp3) is 0.676. The summed E-state index contributed by atoms with van der Waals surface area (Å²) in [5, 5.41) is 0. The molecule has 0 saturated heterocycles. The highest BCUT2D eigenvalue weighted by Gasteiger charge is 2.20. The Labute approximate surface area is 217 Å². The van der Waals surface area contributed by atoms with Crippen LogP contribution in [0.3, 0.4) is 0 Å². The average Bonchev–Trinajstić information content (AvgIpc) is 2.90. The van der Waals surface area contributed by atoms with Gasteiger partial charge in [-0.05, 0) is 54.7 Å². The molecule has 1 heterocycles. The molecule has 1 fully saturated rings. The average molecular weight is 476 g/mol. The van der Waals surface area contributed by atoms with Gasteiger partial charge in [0.2, 0.25) is 0 Å². The molecule has 0 radical (unpaired) electrons. The van der Waals surface area contributed by atoms with E-state index in [9.17, 15) is 0 Å². The monoisotopic (exact) mass is 475 g/mol. The molecule has 0 amide bonds. The minimum atomic E-state index is 1.01. The van der Waals surface area contributed by atoms with Gasteiger partial charge in [-0.25, -0.2) is 0 Å². The van der Waals surface area contributed by atoms with Crippen molar-refractivity contribution in [1.82, 2.24) is 4.98 Å². The van der Waals surface area contributed by atoms with Gasteiger partial charge in [0.1, 0.15) is 0 Å². The van der Waals surface area contributed by atoms with Crippen LogP contribution in [0.5, 0.6) is 0 Å². The van der Waals surface area contributed by atoms with Crippen LogP contribution in [-0.2, 0) is 12.8 Å². The van der Waals surface area contributed by atoms with Gasteiger partial charge < -0.3 is 0 Å². The SMILES string of the molecule is CCCCCCCCc1ccc(-c2ccc(CCCCC3CCC(CCCCC)CC3)cc2)nc1. The quantitative estimate of drug-likeness (QED) is 0.207. The van der Waals surface area contributed by atoms with Gasteiger partial charge >= 0.3 is 0 Å². The van der Waals surface area contributed by atoms with Gasteiger partial charge in [-0.3, -0.25) is 4.98 Å². The number of aryl methyl sites for hydroxylation is 2. The highest BCUT2D eigenvalue weighted by atomic mass is 14.7. The second kappa shape index (κ2) is 16.9. The van der Waals surface area contributed by atoms with Gasteiger partial charge in [-0.1, -0.05) is 140 Å². The van der Waals surface area contributed by atoms with Crippen LogP contribution in [0.1, 0.15) is 134 Å². The van der Waals surface area contributed by atoms with Crippen molar-refractivity contribution in [3.63, 3.8) is 0 Å². The smallest absolute Gasteiger partial charge is 0.0702 e. The summed E-state index contributed by atoms with van der Waals surface area (Å²) in [6.07, 6.45) is 28.5. The minimum absolute atomic E-state index is 1.01. The Morgan fingerprint density at radius 1 is 0.571 bits per heavy atom. The van der Waals surface area contributed by atoms with Gasteiger partial charge in [0, 0.05) is 11.8 Å². The molecule has 35 heavy (non-hydrogen) atoms. The Morgan fingerprint density at radius 3 is 1.71 bits per heavy atom. The molecule has 0 bridgehead atoms. The third-order valence-electron chi connectivity index (χ3n) is 8.40. The van der Waals surface area contributed by atoms with Crippen molar-refractivity contribution in [1.29, 1.82) is 0 Å². The minimum Gasteiger partial charge on any atom is -0.256 e. The number of pyridine rings is 1. The van der Waals surface area contributed by atoms with Crippen LogP contribution in [0.2, 0.25) is 0 Å². The highest BCUT2D eigenvalue weighted by Crippen LogP contribution is 2.34. The molecule has 194 valence electrons. The Balaban J connectivity index is 1.29. The molecule has 2 aromatic rings. The lowest BCUT2D eigenvalue weighted by Crippen LogP contribution is -2.14. The number of rotatable bonds is 17. The molecule has 1 saturated carbocycles. The normalized spacial score (nSPS) is 18.1. The third-order valence-corrected chi connectivity index (χ3v) is 8.40. The van der Waals surface area contributed by atoms with E-state index >= 15 is 0 Å². The Bertz CT molecular complexity index is 767. The topological polar surface area (TPSA) is 12.9 Å². The molecule has 0 N–H and O–H groups in total. The first-order chi connectivity index (χ1) is 17.3. The first-order valence-corrected chi connectivity index (χ1v) is 15.3. The first kappa shape index (κ1) is 27.9. The second-order valence-electron chi connectivity index (χ2n) is 11.4. The van der Waals surface area contributed by atoms with Crippen molar-refractivity contribution in [3.8, 4) is 11.3 Å². The van der Waals surface area contributed by atoms with Gasteiger partial charge in [0.05, 0.1) is 5.69 Å². The molecule has 1 nitrogen and oxygen atoms in total. The van der Waals surface area contributed by atoms with E-state index in [1.165, 1.54) is 139 Å². The van der Waals surface area contributed by atoms with E-state index in [-0.39, 0.29) is 0 Å². The van der Waals surface area contributed by atoms with E-state index in [2.05, 4.69) is 56.4 Å². The molecule has 1 aliphatic rings. The predicted molar refractivity (Wildman–Crippen MR) is 154 cm³/mol. The molecular formula is C34H53N. The summed E-state index contributed by atoms with van der Waals surface area (Å²) in [4.78, 5) is 4.76. The summed E-state index contributed by atoms with van der Waals surface area (Å²) in [7, 11) is 0. The highest BCUT2D eigenvalue weighted by molar-refractivity contribution is 5.59. The summed E-state index contributed by atoms with van der Waals surface area (Å²) >= 11 is 0. The summed E-state index contributed by atoms with van der Waals surface area (Å²) < 4.78 is 0. The number of unbranched alkanes of at least 4 members (excludes halogenated alkanes) is 8. The fourth-order valence-electron chi connectivity index (χ4n) is 5.95. The largest absolute Gasteiger partial charge is 0.256 e. The van der Waals surface area contributed by atoms with Crippen molar-refractivity contribution in [2.24, 2.45) is 11.8 Å². The molecule has 1 heteroatoms. The van der Waals surface area contributed by atoms with Crippen molar-refractivity contribution in [2.45, 2.75) is 136 Å². The van der Waals surface area contributed by atoms with E-state index in [1.54, 1.807) is 0 Å². The van der Waals surface area contributed by atoms with Crippen molar-refractivity contribution in [2.75, 3.05) is 0 Å². The molecule has 1 aliphatic carbocycles. The van der Waals surface area contributed by atoms with Crippen molar-refractivity contribution < 1.29 is 0 Å². The van der Waals surface area contributed by atoms with Crippen LogP contribution >= 0.6 is 0 Å². The zero-order valence-electron chi connectivity index (χ0n) is 23.1. The Kier molecular flexibility index (Phi) is 13.5. The van der Waals surface area contributed by atoms with E-state index in [0.717, 1.165) is 17.5 Å². The van der Waals surface area contributed by atoms with Crippen molar-refractivity contribution in [3.05, 3.63) is 53.7 Å². The molecule has 0 atom stereocenters. The number of aromatic nitrogens is 1. The summed E-state index contributed by atoms with van der Waals surface area (Å²) in [5.41, 5.74) is 5.21. The van der Waals surface area contributed by atoms with Gasteiger partial charge in [0.25, 0.3) is 0 Å². The fourth-order valence-corrected chi connectivity index (χ4v) is 5.95. The van der Waals surface area contributed by atoms with Gasteiger partial charge in [-0.2, -0.15) is 0 Å². The summed E-state index contributed by atoms with van der Waals surface area (Å²) in [6.45, 7) is 4.60. The maximum Gasteiger partial charge on any atom is 0.0702 e. The number of hydrogen-bond donors (Lipinski definition) is 0. The van der Waals surface area contributed by atoms with Gasteiger partial charge in [-0.15, -0.1) is 0 Å². The van der Waals surface area contributed by atoms with Crippen LogP contribution in [0.25, 0.3) is 11.3 Å².